The molecule has 1 rings (SSSR count). The van der Waals surface area contributed by atoms with Gasteiger partial charge in [0.05, 0.1) is 5.69 Å². The maximum Gasteiger partial charge on any atom is 0.153 e. The predicted octanol–water partition coefficient (Wildman–Crippen LogP) is 3.49. The normalized spacial score (nSPS) is 8.93. The molecular weight excluding hydrogens is 265 g/mol. The molecule has 0 amide bonds. The third-order valence-electron chi connectivity index (χ3n) is 1.38. The van der Waals surface area contributed by atoms with Gasteiger partial charge in [0.1, 0.15) is 4.60 Å². The molecule has 1 aromatic rings. The number of nitrogens with one attached hydrogen (secondary N) is 1. The average Bonchev–Trinajstić information content (AvgIpc) is 2.14. The zero-order valence-electron chi connectivity index (χ0n) is 8.36. The summed E-state index contributed by atoms with van der Waals surface area (Å²) in [6.07, 6.45) is 0. The van der Waals surface area contributed by atoms with Crippen LogP contribution in [0.4, 0.5) is 5.69 Å². The summed E-state index contributed by atoms with van der Waals surface area (Å²) in [6, 6.07) is 1.67. The lowest BCUT2D eigenvalue weighted by Crippen LogP contribution is -2.01. The summed E-state index contributed by atoms with van der Waals surface area (Å²) in [5.41, 5.74) is 6.94. The van der Waals surface area contributed by atoms with E-state index < -0.39 is 0 Å². The van der Waals surface area contributed by atoms with Gasteiger partial charge >= 0.3 is 0 Å². The Kier molecular flexibility index (Phi) is 5.72. The standard InChI is InChI=1S/C7H7BrClN3.C2H6/c1-3(10)4-2-5(8)12-7(9)6(4)11;1-2/h2,10H,11H2,1H3;1-2H3. The average molecular weight is 279 g/mol. The van der Waals surface area contributed by atoms with Crippen LogP contribution in [-0.4, -0.2) is 10.7 Å². The predicted molar refractivity (Wildman–Crippen MR) is 65.2 cm³/mol. The molecule has 0 fully saturated rings. The fourth-order valence-corrected chi connectivity index (χ4v) is 1.51. The Hall–Kier alpha value is -0.610. The van der Waals surface area contributed by atoms with Crippen LogP contribution in [0.5, 0.6) is 0 Å². The topological polar surface area (TPSA) is 62.8 Å². The lowest BCUT2D eigenvalue weighted by Gasteiger charge is -2.04. The highest BCUT2D eigenvalue weighted by molar-refractivity contribution is 9.10. The van der Waals surface area contributed by atoms with E-state index in [1.165, 1.54) is 0 Å². The number of anilines is 1. The van der Waals surface area contributed by atoms with E-state index in [4.69, 9.17) is 22.7 Å². The Morgan fingerprint density at radius 3 is 2.50 bits per heavy atom. The summed E-state index contributed by atoms with van der Waals surface area (Å²) in [4.78, 5) is 3.88. The quantitative estimate of drug-likeness (QED) is 0.610. The van der Waals surface area contributed by atoms with E-state index in [0.717, 1.165) is 0 Å². The monoisotopic (exact) mass is 277 g/mol. The highest BCUT2D eigenvalue weighted by atomic mass is 79.9. The minimum absolute atomic E-state index is 0.228. The van der Waals surface area contributed by atoms with Crippen molar-refractivity contribution in [2.75, 3.05) is 5.73 Å². The molecule has 1 heterocycles. The molecule has 0 saturated heterocycles. The number of nitrogens with zero attached hydrogens (tertiary/aromatic N) is 1. The van der Waals surface area contributed by atoms with Crippen LogP contribution >= 0.6 is 27.5 Å². The molecule has 0 unspecified atom stereocenters. The van der Waals surface area contributed by atoms with E-state index in [1.54, 1.807) is 13.0 Å². The number of pyridine rings is 1. The summed E-state index contributed by atoms with van der Waals surface area (Å²) in [5.74, 6) is 0. The second-order valence-electron chi connectivity index (χ2n) is 2.32. The lowest BCUT2D eigenvalue weighted by atomic mass is 10.1. The maximum atomic E-state index is 7.38. The third kappa shape index (κ3) is 3.27. The maximum absolute atomic E-state index is 7.38. The van der Waals surface area contributed by atoms with E-state index in [-0.39, 0.29) is 5.15 Å². The first-order chi connectivity index (χ1) is 6.52. The molecular formula is C9H13BrClN3. The van der Waals surface area contributed by atoms with Gasteiger partial charge in [0.25, 0.3) is 0 Å². The summed E-state index contributed by atoms with van der Waals surface area (Å²) in [6.45, 7) is 5.65. The van der Waals surface area contributed by atoms with Gasteiger partial charge in [-0.15, -0.1) is 0 Å². The lowest BCUT2D eigenvalue weighted by molar-refractivity contribution is 1.27. The van der Waals surface area contributed by atoms with Gasteiger partial charge in [0.2, 0.25) is 0 Å². The van der Waals surface area contributed by atoms with Crippen LogP contribution in [-0.2, 0) is 0 Å². The molecule has 5 heteroatoms. The second-order valence-corrected chi connectivity index (χ2v) is 3.49. The molecule has 0 aliphatic carbocycles. The molecule has 0 aromatic carbocycles. The molecule has 3 nitrogen and oxygen atoms in total. The molecule has 0 aliphatic heterocycles. The summed E-state index contributed by atoms with van der Waals surface area (Å²) in [7, 11) is 0. The SMILES string of the molecule is CC.CC(=N)c1cc(Br)nc(Cl)c1N. The molecule has 3 N–H and O–H groups in total. The van der Waals surface area contributed by atoms with Gasteiger partial charge in [-0.05, 0) is 28.9 Å². The van der Waals surface area contributed by atoms with Crippen LogP contribution < -0.4 is 5.73 Å². The molecule has 0 atom stereocenters. The van der Waals surface area contributed by atoms with Crippen LogP contribution in [0.3, 0.4) is 0 Å². The van der Waals surface area contributed by atoms with Crippen molar-refractivity contribution in [3.8, 4) is 0 Å². The molecule has 0 aliphatic rings. The Bertz CT molecular complexity index is 339. The van der Waals surface area contributed by atoms with Crippen molar-refractivity contribution in [2.24, 2.45) is 0 Å². The fourth-order valence-electron chi connectivity index (χ4n) is 0.805. The fraction of sp³-hybridized carbons (Fsp3) is 0.333. The summed E-state index contributed by atoms with van der Waals surface area (Å²) >= 11 is 8.87. The van der Waals surface area contributed by atoms with E-state index in [9.17, 15) is 0 Å². The van der Waals surface area contributed by atoms with E-state index in [0.29, 0.717) is 21.6 Å². The molecule has 0 radical (unpaired) electrons. The minimum Gasteiger partial charge on any atom is -0.396 e. The van der Waals surface area contributed by atoms with Gasteiger partial charge in [-0.2, -0.15) is 0 Å². The first kappa shape index (κ1) is 13.4. The number of aromatic nitrogens is 1. The van der Waals surface area contributed by atoms with Crippen molar-refractivity contribution in [3.05, 3.63) is 21.4 Å². The zero-order chi connectivity index (χ0) is 11.3. The van der Waals surface area contributed by atoms with Crippen LogP contribution in [0.2, 0.25) is 5.15 Å². The molecule has 78 valence electrons. The number of hydrogen-bond acceptors (Lipinski definition) is 3. The number of nitrogens with two attached hydrogens (primary N) is 1. The highest BCUT2D eigenvalue weighted by Crippen LogP contribution is 2.24. The van der Waals surface area contributed by atoms with Gasteiger partial charge in [-0.3, -0.25) is 0 Å². The second kappa shape index (κ2) is 5.98. The summed E-state index contributed by atoms with van der Waals surface area (Å²) in [5, 5.41) is 7.61. The third-order valence-corrected chi connectivity index (χ3v) is 2.08. The van der Waals surface area contributed by atoms with Crippen LogP contribution in [0.1, 0.15) is 26.3 Å². The Morgan fingerprint density at radius 1 is 1.57 bits per heavy atom. The molecule has 0 spiro atoms. The van der Waals surface area contributed by atoms with E-state index >= 15 is 0 Å². The van der Waals surface area contributed by atoms with Crippen molar-refractivity contribution in [1.29, 1.82) is 5.41 Å². The van der Waals surface area contributed by atoms with Crippen molar-refractivity contribution in [1.82, 2.24) is 4.98 Å². The van der Waals surface area contributed by atoms with Gasteiger partial charge in [0, 0.05) is 11.3 Å². The minimum atomic E-state index is 0.228. The van der Waals surface area contributed by atoms with Gasteiger partial charge in [-0.25, -0.2) is 4.98 Å². The molecule has 0 bridgehead atoms. The van der Waals surface area contributed by atoms with Crippen molar-refractivity contribution < 1.29 is 0 Å². The van der Waals surface area contributed by atoms with Gasteiger partial charge in [-0.1, -0.05) is 25.4 Å². The Labute approximate surface area is 97.3 Å². The first-order valence-corrected chi connectivity index (χ1v) is 5.36. The van der Waals surface area contributed by atoms with E-state index in [1.807, 2.05) is 13.8 Å². The van der Waals surface area contributed by atoms with Crippen molar-refractivity contribution in [2.45, 2.75) is 20.8 Å². The van der Waals surface area contributed by atoms with E-state index in [2.05, 4.69) is 20.9 Å². The molecule has 0 saturated carbocycles. The molecule has 14 heavy (non-hydrogen) atoms. The smallest absolute Gasteiger partial charge is 0.153 e. The largest absolute Gasteiger partial charge is 0.396 e. The van der Waals surface area contributed by atoms with Crippen molar-refractivity contribution >= 4 is 38.9 Å². The van der Waals surface area contributed by atoms with Crippen LogP contribution in [0.25, 0.3) is 0 Å². The zero-order valence-corrected chi connectivity index (χ0v) is 10.7. The molecule has 1 aromatic heterocycles. The van der Waals surface area contributed by atoms with Crippen molar-refractivity contribution in [3.63, 3.8) is 0 Å². The number of nitrogen functional groups attached to an aromatic ring is 1. The number of hydrogen-bond donors (Lipinski definition) is 2. The number of halogens is 2. The summed E-state index contributed by atoms with van der Waals surface area (Å²) < 4.78 is 0.586. The van der Waals surface area contributed by atoms with Gasteiger partial charge in [0.15, 0.2) is 5.15 Å². The number of rotatable bonds is 1. The highest BCUT2D eigenvalue weighted by Gasteiger charge is 2.07. The first-order valence-electron chi connectivity index (χ1n) is 4.19. The Balaban J connectivity index is 0.000000791. The van der Waals surface area contributed by atoms with Crippen LogP contribution in [0.15, 0.2) is 10.7 Å². The van der Waals surface area contributed by atoms with Crippen LogP contribution in [0, 0.1) is 5.41 Å². The Morgan fingerprint density at radius 2 is 2.07 bits per heavy atom. The van der Waals surface area contributed by atoms with Gasteiger partial charge < -0.3 is 11.1 Å².